The molecule has 6 rings (SSSR count). The maximum Gasteiger partial charge on any atom is 0.330 e. The van der Waals surface area contributed by atoms with E-state index in [1.807, 2.05) is 4.90 Å². The number of benzene rings is 3. The van der Waals surface area contributed by atoms with E-state index >= 15 is 13.3 Å². The van der Waals surface area contributed by atoms with Crippen molar-refractivity contribution in [3.05, 3.63) is 82.9 Å². The Morgan fingerprint density at radius 2 is 1.69 bits per heavy atom. The Kier molecular flexibility index (Phi) is 9.65. The van der Waals surface area contributed by atoms with Crippen LogP contribution in [-0.2, 0) is 16.0 Å². The van der Waals surface area contributed by atoms with Crippen LogP contribution in [0.3, 0.4) is 0 Å². The molecule has 3 N–H and O–H groups in total. The number of aliphatic hydroxyl groups is 1. The summed E-state index contributed by atoms with van der Waals surface area (Å²) in [5, 5.41) is 18.8. The van der Waals surface area contributed by atoms with Crippen molar-refractivity contribution in [2.75, 3.05) is 48.2 Å². The summed E-state index contributed by atoms with van der Waals surface area (Å²) in [4.78, 5) is 28.6. The Labute approximate surface area is 272 Å². The van der Waals surface area contributed by atoms with Crippen molar-refractivity contribution < 1.29 is 41.5 Å². The van der Waals surface area contributed by atoms with Gasteiger partial charge in [0.15, 0.2) is 5.82 Å². The molecule has 0 atom stereocenters. The highest BCUT2D eigenvalue weighted by Crippen LogP contribution is 2.38. The number of carbonyl (C=O) groups excluding carboxylic acids is 2. The van der Waals surface area contributed by atoms with E-state index in [0.717, 1.165) is 6.07 Å². The molecule has 0 unspecified atom stereocenters. The number of alkyl halides is 2. The van der Waals surface area contributed by atoms with Gasteiger partial charge in [-0.2, -0.15) is 13.9 Å². The SMILES string of the molecule is O=C(Nc1n[nH]c2ccc(Cc3cc(F)cc(F)c3)cc12)c1ccc(N2CCC(CO)CC2)cc1N(F)C(=O)C(F)(F)C1CCOCC1. The molecule has 254 valence electrons. The van der Waals surface area contributed by atoms with E-state index in [0.29, 0.717) is 53.6 Å². The lowest BCUT2D eigenvalue weighted by molar-refractivity contribution is -0.159. The second-order valence-corrected chi connectivity index (χ2v) is 12.3. The van der Waals surface area contributed by atoms with Crippen LogP contribution in [0.15, 0.2) is 54.6 Å². The predicted octanol–water partition coefficient (Wildman–Crippen LogP) is 6.17. The summed E-state index contributed by atoms with van der Waals surface area (Å²) in [5.74, 6) is -9.77. The third-order valence-corrected chi connectivity index (χ3v) is 9.06. The summed E-state index contributed by atoms with van der Waals surface area (Å²) >= 11 is 0. The average molecular weight is 672 g/mol. The molecule has 0 spiro atoms. The third-order valence-electron chi connectivity index (χ3n) is 9.06. The molecular weight excluding hydrogens is 637 g/mol. The van der Waals surface area contributed by atoms with Crippen LogP contribution >= 0.6 is 0 Å². The molecule has 3 heterocycles. The number of aromatic nitrogens is 2. The lowest BCUT2D eigenvalue weighted by atomic mass is 9.92. The normalized spacial score (nSPS) is 16.3. The zero-order valence-electron chi connectivity index (χ0n) is 25.8. The van der Waals surface area contributed by atoms with Gasteiger partial charge in [-0.05, 0) is 91.6 Å². The van der Waals surface area contributed by atoms with Crippen LogP contribution in [-0.4, -0.2) is 66.0 Å². The summed E-state index contributed by atoms with van der Waals surface area (Å²) in [5.41, 5.74) is 0.933. The average Bonchev–Trinajstić information content (AvgIpc) is 3.48. The number of halogens is 5. The molecular formula is C34H34F5N5O4. The number of nitrogens with one attached hydrogen (secondary N) is 2. The molecule has 0 radical (unpaired) electrons. The van der Waals surface area contributed by atoms with Crippen molar-refractivity contribution in [1.29, 1.82) is 0 Å². The minimum Gasteiger partial charge on any atom is -0.396 e. The minimum absolute atomic E-state index is 0.0191. The standard InChI is InChI=1S/C34H34F5N5O4/c35-24-14-22(15-25(36)17-24)13-21-1-4-29-28(16-21)31(42-41-29)40-32(46)27-3-2-26(43-9-5-20(19-45)6-10-43)18-30(27)44(39)33(47)34(37,38)23-7-11-48-12-8-23/h1-4,14-18,20,23,45H,5-13,19H2,(H2,40,41,42,46). The lowest BCUT2D eigenvalue weighted by Crippen LogP contribution is -2.47. The van der Waals surface area contributed by atoms with E-state index in [2.05, 4.69) is 15.5 Å². The van der Waals surface area contributed by atoms with Crippen LogP contribution in [0, 0.1) is 23.5 Å². The fraction of sp³-hybridized carbons (Fsp3) is 0.382. The number of hydrogen-bond donors (Lipinski definition) is 3. The number of rotatable bonds is 9. The molecule has 2 aliphatic rings. The second kappa shape index (κ2) is 13.9. The van der Waals surface area contributed by atoms with E-state index in [9.17, 15) is 23.5 Å². The zero-order chi connectivity index (χ0) is 34.0. The quantitative estimate of drug-likeness (QED) is 0.145. The number of H-pyrrole nitrogens is 1. The number of aromatic amines is 1. The van der Waals surface area contributed by atoms with Gasteiger partial charge in [-0.3, -0.25) is 14.7 Å². The molecule has 4 aromatic rings. The number of ether oxygens (including phenoxy) is 1. The molecule has 3 aromatic carbocycles. The fourth-order valence-electron chi connectivity index (χ4n) is 6.31. The molecule has 0 saturated carbocycles. The highest BCUT2D eigenvalue weighted by atomic mass is 19.3. The van der Waals surface area contributed by atoms with E-state index in [1.54, 1.807) is 24.3 Å². The molecule has 2 amide bonds. The number of nitrogens with zero attached hydrogens (tertiary/aromatic N) is 3. The summed E-state index contributed by atoms with van der Waals surface area (Å²) in [7, 11) is 0. The van der Waals surface area contributed by atoms with Crippen LogP contribution in [0.25, 0.3) is 10.9 Å². The van der Waals surface area contributed by atoms with Gasteiger partial charge in [0, 0.05) is 56.0 Å². The van der Waals surface area contributed by atoms with E-state index in [4.69, 9.17) is 4.74 Å². The minimum atomic E-state index is -4.05. The molecule has 2 fully saturated rings. The Hall–Kier alpha value is -4.56. The van der Waals surface area contributed by atoms with E-state index < -0.39 is 46.1 Å². The maximum absolute atomic E-state index is 16.0. The number of amides is 2. The van der Waals surface area contributed by atoms with Crippen molar-refractivity contribution >= 4 is 39.9 Å². The number of anilines is 3. The summed E-state index contributed by atoms with van der Waals surface area (Å²) in [6.07, 6.45) is 1.22. The molecule has 0 aliphatic carbocycles. The van der Waals surface area contributed by atoms with Crippen molar-refractivity contribution in [3.63, 3.8) is 0 Å². The highest BCUT2D eigenvalue weighted by Gasteiger charge is 2.51. The first-order valence-electron chi connectivity index (χ1n) is 15.7. The molecule has 14 heteroatoms. The van der Waals surface area contributed by atoms with Gasteiger partial charge < -0.3 is 20.1 Å². The fourth-order valence-corrected chi connectivity index (χ4v) is 6.31. The Bertz CT molecular complexity index is 1780. The predicted molar refractivity (Wildman–Crippen MR) is 169 cm³/mol. The second-order valence-electron chi connectivity index (χ2n) is 12.3. The Morgan fingerprint density at radius 3 is 2.38 bits per heavy atom. The number of aliphatic hydroxyl groups excluding tert-OH is 1. The van der Waals surface area contributed by atoms with Crippen LogP contribution in [0.5, 0.6) is 0 Å². The van der Waals surface area contributed by atoms with Crippen LogP contribution in [0.4, 0.5) is 39.2 Å². The van der Waals surface area contributed by atoms with E-state index in [1.165, 1.54) is 24.3 Å². The highest BCUT2D eigenvalue weighted by molar-refractivity contribution is 6.13. The lowest BCUT2D eigenvalue weighted by Gasteiger charge is -2.34. The van der Waals surface area contributed by atoms with Crippen molar-refractivity contribution in [1.82, 2.24) is 10.2 Å². The first kappa shape index (κ1) is 33.3. The van der Waals surface area contributed by atoms with Crippen LogP contribution in [0.1, 0.15) is 47.2 Å². The van der Waals surface area contributed by atoms with Crippen molar-refractivity contribution in [2.24, 2.45) is 11.8 Å². The molecule has 0 bridgehead atoms. The summed E-state index contributed by atoms with van der Waals surface area (Å²) < 4.78 is 79.3. The van der Waals surface area contributed by atoms with Gasteiger partial charge in [0.2, 0.25) is 0 Å². The number of piperidine rings is 1. The Balaban J connectivity index is 1.30. The van der Waals surface area contributed by atoms with Gasteiger partial charge >= 0.3 is 11.8 Å². The van der Waals surface area contributed by atoms with Crippen LogP contribution < -0.4 is 15.3 Å². The Morgan fingerprint density at radius 1 is 0.979 bits per heavy atom. The molecule has 1 aromatic heterocycles. The van der Waals surface area contributed by atoms with Gasteiger partial charge in [-0.25, -0.2) is 8.78 Å². The van der Waals surface area contributed by atoms with Crippen molar-refractivity contribution in [3.8, 4) is 0 Å². The molecule has 48 heavy (non-hydrogen) atoms. The smallest absolute Gasteiger partial charge is 0.330 e. The topological polar surface area (TPSA) is 111 Å². The van der Waals surface area contributed by atoms with E-state index in [-0.39, 0.29) is 56.4 Å². The van der Waals surface area contributed by atoms with Gasteiger partial charge in [-0.15, -0.1) is 5.12 Å². The third kappa shape index (κ3) is 6.99. The number of carbonyl (C=O) groups is 2. The molecule has 9 nitrogen and oxygen atoms in total. The van der Waals surface area contributed by atoms with Gasteiger partial charge in [-0.1, -0.05) is 10.5 Å². The molecule has 2 aliphatic heterocycles. The van der Waals surface area contributed by atoms with Gasteiger partial charge in [0.1, 0.15) is 11.6 Å². The first-order valence-corrected chi connectivity index (χ1v) is 15.7. The first-order chi connectivity index (χ1) is 23.0. The molecule has 2 saturated heterocycles. The zero-order valence-corrected chi connectivity index (χ0v) is 25.8. The summed E-state index contributed by atoms with van der Waals surface area (Å²) in [6.45, 7) is 1.06. The van der Waals surface area contributed by atoms with Gasteiger partial charge in [0.25, 0.3) is 5.91 Å². The van der Waals surface area contributed by atoms with Gasteiger partial charge in [0.05, 0.1) is 16.8 Å². The summed E-state index contributed by atoms with van der Waals surface area (Å²) in [6, 6.07) is 12.3. The largest absolute Gasteiger partial charge is 0.396 e. The number of hydrogen-bond acceptors (Lipinski definition) is 6. The van der Waals surface area contributed by atoms with Crippen LogP contribution in [0.2, 0.25) is 0 Å². The van der Waals surface area contributed by atoms with Crippen molar-refractivity contribution in [2.45, 2.75) is 38.0 Å². The monoisotopic (exact) mass is 671 g/mol. The maximum atomic E-state index is 16.0. The number of fused-ring (bicyclic) bond motifs is 1.